The van der Waals surface area contributed by atoms with Crippen LogP contribution in [-0.4, -0.2) is 102 Å². The van der Waals surface area contributed by atoms with Crippen LogP contribution >= 0.6 is 11.3 Å². The van der Waals surface area contributed by atoms with Crippen LogP contribution in [0.1, 0.15) is 78.0 Å². The Morgan fingerprint density at radius 3 is 2.36 bits per heavy atom. The fourth-order valence-corrected chi connectivity index (χ4v) is 8.31. The van der Waals surface area contributed by atoms with Gasteiger partial charge in [0.05, 0.1) is 42.2 Å². The minimum atomic E-state index is -3.80. The van der Waals surface area contributed by atoms with Crippen LogP contribution in [0.5, 0.6) is 0 Å². The van der Waals surface area contributed by atoms with Gasteiger partial charge in [0.2, 0.25) is 11.8 Å². The number of amides is 2. The van der Waals surface area contributed by atoms with Crippen molar-refractivity contribution in [3.63, 3.8) is 0 Å². The molecule has 4 rings (SSSR count). The highest BCUT2D eigenvalue weighted by molar-refractivity contribution is 7.92. The SMILES string of the molecule is COC(=O)Cc1csc(NC(C(=O)NC(Cc2ccccc2)C(O)CN2CC3CCCCC3CC2C(=O)NC(C)(C)C)C(C)(C)S(C)(=O)=O)n1. The van der Waals surface area contributed by atoms with Crippen molar-refractivity contribution in [2.24, 2.45) is 11.8 Å². The highest BCUT2D eigenvalue weighted by atomic mass is 32.2. The van der Waals surface area contributed by atoms with Gasteiger partial charge < -0.3 is 25.8 Å². The van der Waals surface area contributed by atoms with E-state index in [1.807, 2.05) is 51.1 Å². The molecule has 2 aliphatic rings. The Morgan fingerprint density at radius 1 is 1.08 bits per heavy atom. The lowest BCUT2D eigenvalue weighted by molar-refractivity contribution is -0.139. The summed E-state index contributed by atoms with van der Waals surface area (Å²) in [6.07, 6.45) is 5.41. The predicted molar refractivity (Wildman–Crippen MR) is 196 cm³/mol. The molecule has 6 atom stereocenters. The van der Waals surface area contributed by atoms with Crippen molar-refractivity contribution in [1.82, 2.24) is 20.5 Å². The third-order valence-electron chi connectivity index (χ3n) is 10.1. The van der Waals surface area contributed by atoms with Gasteiger partial charge in [0.1, 0.15) is 6.04 Å². The van der Waals surface area contributed by atoms with E-state index in [9.17, 15) is 27.9 Å². The van der Waals surface area contributed by atoms with Crippen molar-refractivity contribution >= 4 is 44.1 Å². The number of β-amino-alcohol motifs (C(OH)–C–C–N with tert-alkyl or cyclic N) is 1. The van der Waals surface area contributed by atoms with E-state index in [0.717, 1.165) is 55.3 Å². The second-order valence-corrected chi connectivity index (χ2v) is 18.9. The van der Waals surface area contributed by atoms with Crippen LogP contribution in [0.2, 0.25) is 0 Å². The van der Waals surface area contributed by atoms with Crippen molar-refractivity contribution < 1.29 is 32.6 Å². The molecule has 1 aromatic carbocycles. The number of aromatic nitrogens is 1. The van der Waals surface area contributed by atoms with Crippen LogP contribution in [0.3, 0.4) is 0 Å². The lowest BCUT2D eigenvalue weighted by Crippen LogP contribution is -2.62. The Balaban J connectivity index is 1.62. The zero-order chi connectivity index (χ0) is 36.9. The molecule has 1 aromatic heterocycles. The third kappa shape index (κ3) is 10.5. The number of hydrogen-bond acceptors (Lipinski definition) is 11. The molecule has 4 N–H and O–H groups in total. The van der Waals surface area contributed by atoms with E-state index in [2.05, 4.69) is 25.8 Å². The third-order valence-corrected chi connectivity index (χ3v) is 13.1. The van der Waals surface area contributed by atoms with E-state index in [-0.39, 0.29) is 30.4 Å². The first kappa shape index (κ1) is 39.7. The first-order chi connectivity index (χ1) is 23.4. The van der Waals surface area contributed by atoms with Gasteiger partial charge in [0, 0.05) is 30.3 Å². The van der Waals surface area contributed by atoms with Crippen molar-refractivity contribution in [3.8, 4) is 0 Å². The maximum atomic E-state index is 14.3. The Bertz CT molecular complexity index is 1570. The topological polar surface area (TPSA) is 167 Å². The molecular weight excluding hydrogens is 679 g/mol. The second-order valence-electron chi connectivity index (χ2n) is 15.5. The number of likely N-dealkylation sites (tertiary alicyclic amines) is 1. The van der Waals surface area contributed by atoms with E-state index < -0.39 is 56.2 Å². The van der Waals surface area contributed by atoms with Gasteiger partial charge in [-0.2, -0.15) is 0 Å². The normalized spacial score (nSPS) is 22.0. The molecule has 1 aliphatic carbocycles. The van der Waals surface area contributed by atoms with Gasteiger partial charge in [-0.05, 0) is 71.3 Å². The van der Waals surface area contributed by atoms with E-state index in [1.54, 1.807) is 5.38 Å². The highest BCUT2D eigenvalue weighted by Crippen LogP contribution is 2.39. The summed E-state index contributed by atoms with van der Waals surface area (Å²) < 4.78 is 29.3. The number of aliphatic hydroxyl groups excluding tert-OH is 1. The van der Waals surface area contributed by atoms with Gasteiger partial charge in [-0.25, -0.2) is 13.4 Å². The van der Waals surface area contributed by atoms with Crippen LogP contribution in [0, 0.1) is 11.8 Å². The average Bonchev–Trinajstić information content (AvgIpc) is 3.48. The molecule has 1 saturated heterocycles. The molecule has 1 saturated carbocycles. The number of thiazole rings is 1. The zero-order valence-corrected chi connectivity index (χ0v) is 32.0. The van der Waals surface area contributed by atoms with Gasteiger partial charge in [-0.15, -0.1) is 11.3 Å². The summed E-state index contributed by atoms with van der Waals surface area (Å²) in [6, 6.07) is 6.94. The van der Waals surface area contributed by atoms with E-state index in [0.29, 0.717) is 24.1 Å². The fourth-order valence-electron chi connectivity index (χ4n) is 6.98. The smallest absolute Gasteiger partial charge is 0.311 e. The molecule has 2 fully saturated rings. The lowest BCUT2D eigenvalue weighted by Gasteiger charge is -2.47. The number of nitrogens with zero attached hydrogens (tertiary/aromatic N) is 2. The highest BCUT2D eigenvalue weighted by Gasteiger charge is 2.46. The van der Waals surface area contributed by atoms with Crippen LogP contribution in [0.4, 0.5) is 5.13 Å². The van der Waals surface area contributed by atoms with Crippen LogP contribution < -0.4 is 16.0 Å². The molecule has 2 heterocycles. The first-order valence-corrected chi connectivity index (χ1v) is 20.2. The van der Waals surface area contributed by atoms with Crippen molar-refractivity contribution in [3.05, 3.63) is 47.0 Å². The van der Waals surface area contributed by atoms with Gasteiger partial charge in [-0.3, -0.25) is 19.3 Å². The van der Waals surface area contributed by atoms with Gasteiger partial charge in [0.15, 0.2) is 15.0 Å². The Morgan fingerprint density at radius 2 is 1.74 bits per heavy atom. The average molecular weight is 734 g/mol. The number of carbonyl (C=O) groups is 3. The molecule has 2 aromatic rings. The number of hydrogen-bond donors (Lipinski definition) is 4. The van der Waals surface area contributed by atoms with Crippen LogP contribution in [0.25, 0.3) is 0 Å². The number of anilines is 1. The molecule has 0 radical (unpaired) electrons. The predicted octanol–water partition coefficient (Wildman–Crippen LogP) is 3.35. The monoisotopic (exact) mass is 733 g/mol. The van der Waals surface area contributed by atoms with Crippen LogP contribution in [-0.2, 0) is 41.8 Å². The second kappa shape index (κ2) is 16.5. The molecule has 12 nitrogen and oxygen atoms in total. The first-order valence-electron chi connectivity index (χ1n) is 17.4. The molecule has 2 amide bonds. The zero-order valence-electron chi connectivity index (χ0n) is 30.4. The molecule has 6 unspecified atom stereocenters. The molecule has 50 heavy (non-hydrogen) atoms. The van der Waals surface area contributed by atoms with Gasteiger partial charge >= 0.3 is 5.97 Å². The number of methoxy groups -OCH3 is 1. The molecule has 278 valence electrons. The summed E-state index contributed by atoms with van der Waals surface area (Å²) in [5.74, 6) is -0.277. The largest absolute Gasteiger partial charge is 0.469 e. The minimum absolute atomic E-state index is 0.0634. The maximum Gasteiger partial charge on any atom is 0.311 e. The van der Waals surface area contributed by atoms with Crippen molar-refractivity contribution in [1.29, 1.82) is 0 Å². The van der Waals surface area contributed by atoms with Gasteiger partial charge in [-0.1, -0.05) is 49.6 Å². The quantitative estimate of drug-likeness (QED) is 0.212. The Labute approximate surface area is 301 Å². The van der Waals surface area contributed by atoms with Crippen LogP contribution in [0.15, 0.2) is 35.7 Å². The summed E-state index contributed by atoms with van der Waals surface area (Å²) in [6.45, 7) is 9.64. The molecule has 0 bridgehead atoms. The van der Waals surface area contributed by atoms with Crippen molar-refractivity contribution in [2.75, 3.05) is 31.8 Å². The van der Waals surface area contributed by atoms with E-state index in [4.69, 9.17) is 4.74 Å². The summed E-state index contributed by atoms with van der Waals surface area (Å²) >= 11 is 1.14. The Hall–Kier alpha value is -3.07. The Kier molecular flexibility index (Phi) is 13.1. The number of carbonyl (C=O) groups excluding carboxylic acids is 3. The number of aliphatic hydroxyl groups is 1. The number of fused-ring (bicyclic) bond motifs is 1. The number of benzene rings is 1. The number of esters is 1. The number of sulfone groups is 1. The number of ether oxygens (including phenoxy) is 1. The van der Waals surface area contributed by atoms with E-state index >= 15 is 0 Å². The number of rotatable bonds is 14. The van der Waals surface area contributed by atoms with Crippen molar-refractivity contribution in [2.45, 2.75) is 114 Å². The summed E-state index contributed by atoms with van der Waals surface area (Å²) in [5.41, 5.74) is 0.884. The molecular formula is C36H55N5O7S2. The van der Waals surface area contributed by atoms with E-state index in [1.165, 1.54) is 21.0 Å². The lowest BCUT2D eigenvalue weighted by atomic mass is 9.72. The molecule has 14 heteroatoms. The maximum absolute atomic E-state index is 14.3. The number of piperidine rings is 1. The van der Waals surface area contributed by atoms with Gasteiger partial charge in [0.25, 0.3) is 0 Å². The summed E-state index contributed by atoms with van der Waals surface area (Å²) in [4.78, 5) is 46.2. The fraction of sp³-hybridized carbons (Fsp3) is 0.667. The molecule has 1 aliphatic heterocycles. The summed E-state index contributed by atoms with van der Waals surface area (Å²) in [5, 5.41) is 23.0. The summed E-state index contributed by atoms with van der Waals surface area (Å²) in [7, 11) is -2.52. The number of nitrogens with one attached hydrogen (secondary N) is 3. The minimum Gasteiger partial charge on any atom is -0.469 e. The molecule has 0 spiro atoms. The standard InChI is InChI=1S/C36H55N5O7S2/c1-35(2,3)40-32(44)28-18-24-15-11-12-16-25(24)20-41(28)21-29(42)27(17-23-13-9-8-10-14-23)38-33(45)31(36(4,5)50(7,46)47)39-34-37-26(22-49-34)19-30(43)48-6/h8-10,13-14,22,24-25,27-29,31,42H,11-12,15-21H2,1-7H3,(H,37,39)(H,38,45)(H,40,44).